The van der Waals surface area contributed by atoms with Crippen molar-refractivity contribution >= 4 is 20.8 Å². The number of nitrogens with zero attached hydrogens (tertiary/aromatic N) is 1. The first-order chi connectivity index (χ1) is 5.70. The molecule has 1 fully saturated rings. The number of aliphatic carboxylic acids is 1. The third kappa shape index (κ3) is 2.75. The van der Waals surface area contributed by atoms with E-state index in [9.17, 15) is 9.59 Å². The molecule has 0 aromatic rings. The summed E-state index contributed by atoms with van der Waals surface area (Å²) in [6, 6.07) is 0. The summed E-state index contributed by atoms with van der Waals surface area (Å²) in [6.07, 6.45) is 1.07. The van der Waals surface area contributed by atoms with Gasteiger partial charge >= 0.3 is 5.97 Å². The van der Waals surface area contributed by atoms with Crippen molar-refractivity contribution in [2.75, 3.05) is 13.2 Å². The summed E-state index contributed by atoms with van der Waals surface area (Å²) in [5.41, 5.74) is 0. The smallest absolute Gasteiger partial charge is 0.323 e. The lowest BCUT2D eigenvalue weighted by molar-refractivity contribution is -0.141. The molecule has 5 nitrogen and oxygen atoms in total. The monoisotopic (exact) mass is 191 g/mol. The molecule has 1 aliphatic heterocycles. The van der Waals surface area contributed by atoms with Crippen molar-refractivity contribution in [2.24, 2.45) is 0 Å². The van der Waals surface area contributed by atoms with Gasteiger partial charge in [0.2, 0.25) is 5.91 Å². The molecule has 0 aromatic carbocycles. The molecule has 0 aromatic heterocycles. The van der Waals surface area contributed by atoms with Crippen LogP contribution in [0.2, 0.25) is 0 Å². The Bertz CT molecular complexity index is 196. The van der Waals surface area contributed by atoms with Crippen LogP contribution in [-0.2, 0) is 14.1 Å². The Balaban J connectivity index is 2.47. The molecule has 0 spiro atoms. The van der Waals surface area contributed by atoms with E-state index in [1.165, 1.54) is 4.67 Å². The molecule has 1 rings (SSSR count). The van der Waals surface area contributed by atoms with Crippen molar-refractivity contribution < 1.29 is 19.2 Å². The van der Waals surface area contributed by atoms with Gasteiger partial charge in [0.1, 0.15) is 15.5 Å². The largest absolute Gasteiger partial charge is 0.480 e. The molecule has 1 unspecified atom stereocenters. The van der Waals surface area contributed by atoms with E-state index in [1.807, 2.05) is 0 Å². The van der Waals surface area contributed by atoms with Gasteiger partial charge in [0.15, 0.2) is 0 Å². The number of hydrogen-bond donors (Lipinski definition) is 1. The van der Waals surface area contributed by atoms with Crippen LogP contribution in [0.3, 0.4) is 0 Å². The van der Waals surface area contributed by atoms with Gasteiger partial charge in [0.25, 0.3) is 0 Å². The maximum absolute atomic E-state index is 11.1. The fourth-order valence-corrected chi connectivity index (χ4v) is 1.67. The van der Waals surface area contributed by atoms with Crippen LogP contribution in [0.25, 0.3) is 0 Å². The van der Waals surface area contributed by atoms with Gasteiger partial charge in [-0.25, -0.2) is 0 Å². The minimum Gasteiger partial charge on any atom is -0.480 e. The number of hydrogen-bond acceptors (Lipinski definition) is 3. The zero-order valence-corrected chi connectivity index (χ0v) is 7.45. The van der Waals surface area contributed by atoms with E-state index in [-0.39, 0.29) is 21.4 Å². The third-order valence-electron chi connectivity index (χ3n) is 1.41. The zero-order chi connectivity index (χ0) is 8.97. The summed E-state index contributed by atoms with van der Waals surface area (Å²) >= 11 is 0. The first kappa shape index (κ1) is 9.42. The summed E-state index contributed by atoms with van der Waals surface area (Å²) in [6.45, 7) is 0.289. The van der Waals surface area contributed by atoms with Gasteiger partial charge in [0.05, 0.1) is 6.61 Å². The Morgan fingerprint density at radius 2 is 2.50 bits per heavy atom. The van der Waals surface area contributed by atoms with Crippen molar-refractivity contribution in [1.29, 1.82) is 0 Å². The minimum atomic E-state index is -0.999. The predicted molar refractivity (Wildman–Crippen MR) is 42.8 cm³/mol. The van der Waals surface area contributed by atoms with Gasteiger partial charge in [0, 0.05) is 6.42 Å². The summed E-state index contributed by atoms with van der Waals surface area (Å²) in [4.78, 5) is 21.4. The standard InChI is InChI=1S/C6H10NO4P/c8-5-2-1-3-11-12-7(5)4-6(9)10/h12H,1-4H2,(H,9,10). The van der Waals surface area contributed by atoms with Gasteiger partial charge in [-0.2, -0.15) is 0 Å². The molecule has 1 atom stereocenters. The van der Waals surface area contributed by atoms with E-state index < -0.39 is 5.97 Å². The number of amides is 1. The second-order valence-corrected chi connectivity index (χ2v) is 3.43. The molecule has 1 N–H and O–H groups in total. The maximum Gasteiger partial charge on any atom is 0.323 e. The van der Waals surface area contributed by atoms with E-state index in [0.717, 1.165) is 0 Å². The van der Waals surface area contributed by atoms with Crippen LogP contribution in [0.15, 0.2) is 0 Å². The van der Waals surface area contributed by atoms with E-state index in [2.05, 4.69) is 0 Å². The van der Waals surface area contributed by atoms with Crippen molar-refractivity contribution in [1.82, 2.24) is 4.67 Å². The first-order valence-electron chi connectivity index (χ1n) is 3.60. The lowest BCUT2D eigenvalue weighted by Crippen LogP contribution is -2.27. The Morgan fingerprint density at radius 1 is 1.75 bits per heavy atom. The first-order valence-corrected chi connectivity index (χ1v) is 4.45. The van der Waals surface area contributed by atoms with Gasteiger partial charge in [-0.1, -0.05) is 0 Å². The van der Waals surface area contributed by atoms with Gasteiger partial charge in [-0.05, 0) is 6.42 Å². The number of rotatable bonds is 2. The molecule has 0 radical (unpaired) electrons. The molecule has 0 bridgehead atoms. The highest BCUT2D eigenvalue weighted by Crippen LogP contribution is 2.24. The Kier molecular flexibility index (Phi) is 3.44. The minimum absolute atomic E-state index is 0.131. The molecule has 12 heavy (non-hydrogen) atoms. The van der Waals surface area contributed by atoms with Gasteiger partial charge < -0.3 is 9.63 Å². The third-order valence-corrected chi connectivity index (χ3v) is 2.37. The number of carboxylic acids is 1. The van der Waals surface area contributed by atoms with Crippen LogP contribution in [0, 0.1) is 0 Å². The van der Waals surface area contributed by atoms with Crippen LogP contribution in [-0.4, -0.2) is 34.8 Å². The molecular weight excluding hydrogens is 181 g/mol. The SMILES string of the molecule is O=C(O)CN1POCCCC1=O. The summed E-state index contributed by atoms with van der Waals surface area (Å²) in [5, 5.41) is 8.43. The number of carbonyl (C=O) groups excluding carboxylic acids is 1. The van der Waals surface area contributed by atoms with Gasteiger partial charge in [-0.15, -0.1) is 0 Å². The zero-order valence-electron chi connectivity index (χ0n) is 6.45. The molecule has 68 valence electrons. The molecule has 1 saturated heterocycles. The van der Waals surface area contributed by atoms with E-state index in [0.29, 0.717) is 19.4 Å². The normalized spacial score (nSPS) is 21.0. The van der Waals surface area contributed by atoms with Crippen molar-refractivity contribution in [3.63, 3.8) is 0 Å². The van der Waals surface area contributed by atoms with Crippen LogP contribution in [0.1, 0.15) is 12.8 Å². The van der Waals surface area contributed by atoms with Crippen molar-refractivity contribution in [3.8, 4) is 0 Å². The molecule has 1 heterocycles. The van der Waals surface area contributed by atoms with Crippen molar-refractivity contribution in [3.05, 3.63) is 0 Å². The predicted octanol–water partition coefficient (Wildman–Crippen LogP) is 0.218. The molecule has 1 amide bonds. The molecule has 0 saturated carbocycles. The average molecular weight is 191 g/mol. The quantitative estimate of drug-likeness (QED) is 0.634. The molecule has 6 heteroatoms. The average Bonchev–Trinajstić information content (AvgIpc) is 2.16. The molecular formula is C6H10NO4P. The summed E-state index contributed by atoms with van der Waals surface area (Å²) in [5.74, 6) is -1.13. The van der Waals surface area contributed by atoms with Crippen molar-refractivity contribution in [2.45, 2.75) is 12.8 Å². The summed E-state index contributed by atoms with van der Waals surface area (Å²) < 4.78 is 6.28. The number of carboxylic acid groups (broad SMARTS) is 1. The van der Waals surface area contributed by atoms with E-state index in [4.69, 9.17) is 9.63 Å². The lowest BCUT2D eigenvalue weighted by atomic mass is 10.3. The fourth-order valence-electron chi connectivity index (χ4n) is 0.861. The highest BCUT2D eigenvalue weighted by Gasteiger charge is 2.19. The Labute approximate surface area is 71.6 Å². The number of carbonyl (C=O) groups is 2. The highest BCUT2D eigenvalue weighted by molar-refractivity contribution is 7.30. The van der Waals surface area contributed by atoms with Gasteiger partial charge in [-0.3, -0.25) is 14.3 Å². The maximum atomic E-state index is 11.1. The van der Waals surface area contributed by atoms with Crippen LogP contribution < -0.4 is 0 Å². The Hall–Kier alpha value is -0.670. The molecule has 0 aliphatic carbocycles. The fraction of sp³-hybridized carbons (Fsp3) is 0.667. The van der Waals surface area contributed by atoms with E-state index >= 15 is 0 Å². The van der Waals surface area contributed by atoms with Crippen LogP contribution >= 0.6 is 8.96 Å². The van der Waals surface area contributed by atoms with Crippen LogP contribution in [0.4, 0.5) is 0 Å². The second-order valence-electron chi connectivity index (χ2n) is 2.42. The second kappa shape index (κ2) is 4.38. The lowest BCUT2D eigenvalue weighted by Gasteiger charge is -2.15. The summed E-state index contributed by atoms with van der Waals surface area (Å²) in [7, 11) is -0.138. The Morgan fingerprint density at radius 3 is 3.17 bits per heavy atom. The van der Waals surface area contributed by atoms with Crippen LogP contribution in [0.5, 0.6) is 0 Å². The van der Waals surface area contributed by atoms with E-state index in [1.54, 1.807) is 0 Å². The molecule has 1 aliphatic rings. The highest BCUT2D eigenvalue weighted by atomic mass is 31.1. The topological polar surface area (TPSA) is 66.8 Å².